The number of benzene rings is 1. The molecule has 3 rings (SSSR count). The van der Waals surface area contributed by atoms with Crippen LogP contribution in [0.25, 0.3) is 0 Å². The van der Waals surface area contributed by atoms with E-state index in [0.717, 1.165) is 17.9 Å². The first-order valence-corrected chi connectivity index (χ1v) is 8.72. The van der Waals surface area contributed by atoms with E-state index in [2.05, 4.69) is 5.32 Å². The molecular formula is C15H11ClN2OS2. The lowest BCUT2D eigenvalue weighted by Gasteiger charge is -2.08. The van der Waals surface area contributed by atoms with E-state index < -0.39 is 0 Å². The Morgan fingerprint density at radius 3 is 3.00 bits per heavy atom. The fourth-order valence-corrected chi connectivity index (χ4v) is 4.57. The maximum atomic E-state index is 12.3. The van der Waals surface area contributed by atoms with Crippen molar-refractivity contribution in [1.82, 2.24) is 0 Å². The number of halogens is 1. The van der Waals surface area contributed by atoms with Gasteiger partial charge in [0.2, 0.25) is 0 Å². The van der Waals surface area contributed by atoms with Crippen LogP contribution in [0.3, 0.4) is 0 Å². The van der Waals surface area contributed by atoms with Crippen LogP contribution in [-0.4, -0.2) is 11.7 Å². The fourth-order valence-electron chi connectivity index (χ4n) is 2.13. The smallest absolute Gasteiger partial charge is 0.265 e. The zero-order chi connectivity index (χ0) is 14.8. The van der Waals surface area contributed by atoms with Crippen molar-refractivity contribution in [3.8, 4) is 6.07 Å². The number of nitriles is 1. The number of hydrogen-bond acceptors (Lipinski definition) is 4. The molecule has 0 saturated carbocycles. The first kappa shape index (κ1) is 14.5. The van der Waals surface area contributed by atoms with Gasteiger partial charge in [-0.25, -0.2) is 0 Å². The molecule has 1 aliphatic heterocycles. The summed E-state index contributed by atoms with van der Waals surface area (Å²) in [6.07, 6.45) is 1.03. The summed E-state index contributed by atoms with van der Waals surface area (Å²) < 4.78 is 0. The Kier molecular flexibility index (Phi) is 4.20. The Morgan fingerprint density at radius 2 is 2.24 bits per heavy atom. The molecule has 0 bridgehead atoms. The lowest BCUT2D eigenvalue weighted by molar-refractivity contribution is 0.103. The Morgan fingerprint density at radius 1 is 1.38 bits per heavy atom. The lowest BCUT2D eigenvalue weighted by atomic mass is 10.2. The minimum Gasteiger partial charge on any atom is -0.320 e. The monoisotopic (exact) mass is 334 g/mol. The molecule has 0 spiro atoms. The van der Waals surface area contributed by atoms with Crippen molar-refractivity contribution in [2.75, 3.05) is 11.1 Å². The summed E-state index contributed by atoms with van der Waals surface area (Å²) in [5, 5.41) is 12.1. The Bertz CT molecular complexity index is 725. The molecule has 2 aromatic rings. The van der Waals surface area contributed by atoms with Gasteiger partial charge in [0.05, 0.1) is 27.2 Å². The summed E-state index contributed by atoms with van der Waals surface area (Å²) in [5.74, 6) is 1.92. The van der Waals surface area contributed by atoms with E-state index in [1.165, 1.54) is 10.4 Å². The Hall–Kier alpha value is -1.48. The first-order valence-electron chi connectivity index (χ1n) is 6.37. The van der Waals surface area contributed by atoms with E-state index in [0.29, 0.717) is 21.2 Å². The quantitative estimate of drug-likeness (QED) is 0.890. The van der Waals surface area contributed by atoms with E-state index in [9.17, 15) is 4.79 Å². The number of thioether (sulfide) groups is 1. The van der Waals surface area contributed by atoms with Gasteiger partial charge in [-0.3, -0.25) is 4.79 Å². The third-order valence-corrected chi connectivity index (χ3v) is 5.77. The predicted octanol–water partition coefficient (Wildman–Crippen LogP) is 4.31. The molecule has 1 N–H and O–H groups in total. The molecular weight excluding hydrogens is 324 g/mol. The molecule has 1 amide bonds. The SMILES string of the molecule is N#Cc1ccc(Cl)c(NC(=O)c2cc3c(s2)CCSC3)c1. The highest BCUT2D eigenvalue weighted by Crippen LogP contribution is 2.32. The molecule has 1 aromatic heterocycles. The highest BCUT2D eigenvalue weighted by Gasteiger charge is 2.18. The number of carbonyl (C=O) groups excluding carboxylic acids is 1. The highest BCUT2D eigenvalue weighted by molar-refractivity contribution is 7.98. The number of thiophene rings is 1. The number of rotatable bonds is 2. The van der Waals surface area contributed by atoms with E-state index >= 15 is 0 Å². The van der Waals surface area contributed by atoms with Gasteiger partial charge in [0.25, 0.3) is 5.91 Å². The largest absolute Gasteiger partial charge is 0.320 e. The molecule has 0 unspecified atom stereocenters. The second kappa shape index (κ2) is 6.10. The van der Waals surface area contributed by atoms with Crippen molar-refractivity contribution in [3.63, 3.8) is 0 Å². The maximum absolute atomic E-state index is 12.3. The van der Waals surface area contributed by atoms with E-state index in [4.69, 9.17) is 16.9 Å². The van der Waals surface area contributed by atoms with Crippen LogP contribution < -0.4 is 5.32 Å². The minimum atomic E-state index is -0.170. The molecule has 0 atom stereocenters. The van der Waals surface area contributed by atoms with Crippen LogP contribution in [0.15, 0.2) is 24.3 Å². The highest BCUT2D eigenvalue weighted by atomic mass is 35.5. The number of aryl methyl sites for hydroxylation is 1. The topological polar surface area (TPSA) is 52.9 Å². The van der Waals surface area contributed by atoms with Crippen LogP contribution in [0.5, 0.6) is 0 Å². The van der Waals surface area contributed by atoms with Crippen molar-refractivity contribution in [2.45, 2.75) is 12.2 Å². The summed E-state index contributed by atoms with van der Waals surface area (Å²) in [5.41, 5.74) is 2.20. The normalized spacial score (nSPS) is 13.3. The van der Waals surface area contributed by atoms with Crippen molar-refractivity contribution in [2.24, 2.45) is 0 Å². The number of fused-ring (bicyclic) bond motifs is 1. The van der Waals surface area contributed by atoms with Crippen LogP contribution in [-0.2, 0) is 12.2 Å². The summed E-state index contributed by atoms with van der Waals surface area (Å²) in [7, 11) is 0. The molecule has 0 fully saturated rings. The van der Waals surface area contributed by atoms with E-state index in [1.807, 2.05) is 23.9 Å². The second-order valence-corrected chi connectivity index (χ2v) is 7.27. The van der Waals surface area contributed by atoms with Crippen molar-refractivity contribution >= 4 is 46.3 Å². The Labute approximate surface area is 135 Å². The number of nitrogens with one attached hydrogen (secondary N) is 1. The van der Waals surface area contributed by atoms with Crippen LogP contribution in [0.1, 0.15) is 25.7 Å². The second-order valence-electron chi connectivity index (χ2n) is 4.62. The van der Waals surface area contributed by atoms with Crippen LogP contribution >= 0.6 is 34.7 Å². The van der Waals surface area contributed by atoms with Gasteiger partial charge in [-0.2, -0.15) is 17.0 Å². The van der Waals surface area contributed by atoms with Gasteiger partial charge in [0.15, 0.2) is 0 Å². The molecule has 1 aromatic carbocycles. The third-order valence-electron chi connectivity index (χ3n) is 3.20. The van der Waals surface area contributed by atoms with Gasteiger partial charge >= 0.3 is 0 Å². The average Bonchev–Trinajstić information content (AvgIpc) is 2.93. The maximum Gasteiger partial charge on any atom is 0.265 e. The summed E-state index contributed by atoms with van der Waals surface area (Å²) in [4.78, 5) is 14.3. The molecule has 21 heavy (non-hydrogen) atoms. The molecule has 0 saturated heterocycles. The number of carbonyl (C=O) groups is 1. The first-order chi connectivity index (χ1) is 10.2. The third kappa shape index (κ3) is 3.08. The standard InChI is InChI=1S/C15H11ClN2OS2/c16-11-2-1-9(7-17)5-12(11)18-15(19)14-6-10-8-20-4-3-13(10)21-14/h1-2,5-6H,3-4,8H2,(H,18,19). The van der Waals surface area contributed by atoms with Gasteiger partial charge in [0, 0.05) is 10.6 Å². The number of hydrogen-bond donors (Lipinski definition) is 1. The van der Waals surface area contributed by atoms with Crippen LogP contribution in [0.4, 0.5) is 5.69 Å². The lowest BCUT2D eigenvalue weighted by Crippen LogP contribution is -2.10. The molecule has 106 valence electrons. The fraction of sp³-hybridized carbons (Fsp3) is 0.200. The van der Waals surface area contributed by atoms with Crippen LogP contribution in [0.2, 0.25) is 5.02 Å². The van der Waals surface area contributed by atoms with Gasteiger partial charge in [-0.05, 0) is 42.0 Å². The summed E-state index contributed by atoms with van der Waals surface area (Å²) in [6, 6.07) is 8.83. The minimum absolute atomic E-state index is 0.170. The molecule has 2 heterocycles. The van der Waals surface area contributed by atoms with Crippen molar-refractivity contribution < 1.29 is 4.79 Å². The molecule has 0 radical (unpaired) electrons. The van der Waals surface area contributed by atoms with Crippen molar-refractivity contribution in [1.29, 1.82) is 5.26 Å². The zero-order valence-corrected chi connectivity index (χ0v) is 13.4. The van der Waals surface area contributed by atoms with Crippen molar-refractivity contribution in [3.05, 3.63) is 50.2 Å². The average molecular weight is 335 g/mol. The van der Waals surface area contributed by atoms with Gasteiger partial charge in [-0.1, -0.05) is 11.6 Å². The predicted molar refractivity (Wildman–Crippen MR) is 88.3 cm³/mol. The number of nitrogens with zero attached hydrogens (tertiary/aromatic N) is 1. The van der Waals surface area contributed by atoms with Gasteiger partial charge in [-0.15, -0.1) is 11.3 Å². The van der Waals surface area contributed by atoms with Gasteiger partial charge < -0.3 is 5.32 Å². The summed E-state index contributed by atoms with van der Waals surface area (Å²) in [6.45, 7) is 0. The zero-order valence-electron chi connectivity index (χ0n) is 11.0. The van der Waals surface area contributed by atoms with Gasteiger partial charge in [0.1, 0.15) is 0 Å². The van der Waals surface area contributed by atoms with E-state index in [1.54, 1.807) is 29.5 Å². The summed E-state index contributed by atoms with van der Waals surface area (Å²) >= 11 is 9.50. The number of amides is 1. The molecule has 1 aliphatic rings. The number of anilines is 1. The Balaban J connectivity index is 1.83. The molecule has 6 heteroatoms. The molecule has 0 aliphatic carbocycles. The molecule has 3 nitrogen and oxygen atoms in total. The van der Waals surface area contributed by atoms with E-state index in [-0.39, 0.29) is 5.91 Å². The van der Waals surface area contributed by atoms with Crippen LogP contribution in [0, 0.1) is 11.3 Å².